The van der Waals surface area contributed by atoms with E-state index < -0.39 is 0 Å². The quantitative estimate of drug-likeness (QED) is 0.862. The van der Waals surface area contributed by atoms with E-state index in [1.54, 1.807) is 6.33 Å². The highest BCUT2D eigenvalue weighted by molar-refractivity contribution is 5.63. The molecule has 0 aromatic carbocycles. The van der Waals surface area contributed by atoms with Gasteiger partial charge in [-0.2, -0.15) is 0 Å². The van der Waals surface area contributed by atoms with E-state index in [0.717, 1.165) is 18.2 Å². The summed E-state index contributed by atoms with van der Waals surface area (Å²) < 4.78 is 0. The Morgan fingerprint density at radius 3 is 2.56 bits per heavy atom. The van der Waals surface area contributed by atoms with Crippen LogP contribution in [0.1, 0.15) is 53.0 Å². The van der Waals surface area contributed by atoms with Crippen LogP contribution < -0.4 is 10.6 Å². The summed E-state index contributed by atoms with van der Waals surface area (Å²) in [5, 5.41) is 6.78. The minimum absolute atomic E-state index is 0.423. The van der Waals surface area contributed by atoms with Gasteiger partial charge >= 0.3 is 0 Å². The summed E-state index contributed by atoms with van der Waals surface area (Å²) >= 11 is 0. The highest BCUT2D eigenvalue weighted by atomic mass is 15.1. The Kier molecular flexibility index (Phi) is 5.38. The highest BCUT2D eigenvalue weighted by Gasteiger charge is 2.24. The molecule has 0 radical (unpaired) electrons. The predicted molar refractivity (Wildman–Crippen MR) is 78.2 cm³/mol. The van der Waals surface area contributed by atoms with Gasteiger partial charge in [0.25, 0.3) is 0 Å². The van der Waals surface area contributed by atoms with Crippen molar-refractivity contribution in [2.75, 3.05) is 17.2 Å². The number of fused-ring (bicyclic) bond motifs is 1. The smallest absolute Gasteiger partial charge is 0.135 e. The Morgan fingerprint density at radius 1 is 1.28 bits per heavy atom. The lowest BCUT2D eigenvalue weighted by Crippen LogP contribution is -2.23. The third-order valence-electron chi connectivity index (χ3n) is 3.32. The Labute approximate surface area is 111 Å². The second-order valence-electron chi connectivity index (χ2n) is 4.94. The number of nitrogens with one attached hydrogen (secondary N) is 2. The average molecular weight is 250 g/mol. The molecule has 2 N–H and O–H groups in total. The van der Waals surface area contributed by atoms with Gasteiger partial charge in [0.2, 0.25) is 0 Å². The molecular formula is C14H26N4. The maximum absolute atomic E-state index is 4.36. The molecule has 4 nitrogen and oxygen atoms in total. The molecule has 0 saturated carbocycles. The number of hydrogen-bond donors (Lipinski definition) is 2. The van der Waals surface area contributed by atoms with Crippen LogP contribution in [0.4, 0.5) is 11.6 Å². The molecule has 18 heavy (non-hydrogen) atoms. The normalized spacial score (nSPS) is 18.5. The molecule has 2 atom stereocenters. The topological polar surface area (TPSA) is 49.8 Å². The van der Waals surface area contributed by atoms with E-state index in [9.17, 15) is 0 Å². The molecule has 2 rings (SSSR count). The van der Waals surface area contributed by atoms with Crippen molar-refractivity contribution in [1.29, 1.82) is 0 Å². The minimum Gasteiger partial charge on any atom is -0.369 e. The molecule has 0 bridgehead atoms. The minimum atomic E-state index is 0.423. The number of hydrogen-bond acceptors (Lipinski definition) is 4. The first kappa shape index (κ1) is 14.7. The maximum Gasteiger partial charge on any atom is 0.135 e. The largest absolute Gasteiger partial charge is 0.369 e. The number of nitrogens with zero attached hydrogens (tertiary/aromatic N) is 2. The average Bonchev–Trinajstić information content (AvgIpc) is 2.75. The summed E-state index contributed by atoms with van der Waals surface area (Å²) in [6.07, 6.45) is 1.62. The van der Waals surface area contributed by atoms with Crippen molar-refractivity contribution in [3.63, 3.8) is 0 Å². The first-order valence-corrected chi connectivity index (χ1v) is 6.95. The molecular weight excluding hydrogens is 224 g/mol. The van der Waals surface area contributed by atoms with Gasteiger partial charge in [-0.1, -0.05) is 34.6 Å². The lowest BCUT2D eigenvalue weighted by molar-refractivity contribution is 0.557. The molecule has 102 valence electrons. The molecule has 0 spiro atoms. The molecule has 0 aliphatic carbocycles. The number of rotatable bonds is 3. The first-order valence-electron chi connectivity index (χ1n) is 6.95. The molecule has 2 unspecified atom stereocenters. The van der Waals surface area contributed by atoms with Gasteiger partial charge in [0.1, 0.15) is 18.0 Å². The van der Waals surface area contributed by atoms with E-state index in [1.165, 1.54) is 5.56 Å². The van der Waals surface area contributed by atoms with Crippen LogP contribution in [-0.2, 0) is 0 Å². The third-order valence-corrected chi connectivity index (χ3v) is 3.32. The highest BCUT2D eigenvalue weighted by Crippen LogP contribution is 2.34. The van der Waals surface area contributed by atoms with Crippen LogP contribution in [0, 0.1) is 5.92 Å². The van der Waals surface area contributed by atoms with Crippen molar-refractivity contribution in [3.05, 3.63) is 11.9 Å². The summed E-state index contributed by atoms with van der Waals surface area (Å²) in [5.74, 6) is 3.05. The summed E-state index contributed by atoms with van der Waals surface area (Å²) in [4.78, 5) is 8.62. The van der Waals surface area contributed by atoms with Gasteiger partial charge < -0.3 is 10.6 Å². The van der Waals surface area contributed by atoms with Crippen LogP contribution in [0.15, 0.2) is 6.33 Å². The van der Waals surface area contributed by atoms with Crippen molar-refractivity contribution >= 4 is 11.6 Å². The van der Waals surface area contributed by atoms with E-state index >= 15 is 0 Å². The Bertz CT molecular complexity index is 376. The Morgan fingerprint density at radius 2 is 1.94 bits per heavy atom. The van der Waals surface area contributed by atoms with Gasteiger partial charge in [-0.3, -0.25) is 0 Å². The molecule has 4 heteroatoms. The van der Waals surface area contributed by atoms with Gasteiger partial charge in [-0.05, 0) is 12.8 Å². The zero-order valence-electron chi connectivity index (χ0n) is 12.4. The van der Waals surface area contributed by atoms with Crippen LogP contribution in [-0.4, -0.2) is 22.6 Å². The molecule has 2 heterocycles. The fourth-order valence-electron chi connectivity index (χ4n) is 1.85. The molecule has 1 aliphatic heterocycles. The van der Waals surface area contributed by atoms with Gasteiger partial charge in [-0.25, -0.2) is 9.97 Å². The van der Waals surface area contributed by atoms with Gasteiger partial charge in [0.05, 0.1) is 0 Å². The van der Waals surface area contributed by atoms with E-state index in [1.807, 2.05) is 13.8 Å². The Balaban J connectivity index is 0.000000771. The van der Waals surface area contributed by atoms with Gasteiger partial charge in [-0.15, -0.1) is 0 Å². The second-order valence-corrected chi connectivity index (χ2v) is 4.94. The lowest BCUT2D eigenvalue weighted by Gasteiger charge is -2.20. The van der Waals surface area contributed by atoms with E-state index in [-0.39, 0.29) is 0 Å². The molecule has 1 aromatic heterocycles. The number of aromatic nitrogens is 2. The predicted octanol–water partition coefficient (Wildman–Crippen LogP) is 3.49. The van der Waals surface area contributed by atoms with Gasteiger partial charge in [0, 0.05) is 24.1 Å². The number of anilines is 2. The molecule has 0 fully saturated rings. The summed E-state index contributed by atoms with van der Waals surface area (Å²) in [6, 6.07) is 0.423. The summed E-state index contributed by atoms with van der Waals surface area (Å²) in [7, 11) is 0. The monoisotopic (exact) mass is 250 g/mol. The maximum atomic E-state index is 4.36. The summed E-state index contributed by atoms with van der Waals surface area (Å²) in [5.41, 5.74) is 1.23. The van der Waals surface area contributed by atoms with Crippen molar-refractivity contribution in [3.8, 4) is 0 Å². The van der Waals surface area contributed by atoms with E-state index in [2.05, 4.69) is 48.3 Å². The second kappa shape index (κ2) is 6.57. The molecule has 1 aromatic rings. The lowest BCUT2D eigenvalue weighted by atomic mass is 10.0. The van der Waals surface area contributed by atoms with Crippen molar-refractivity contribution < 1.29 is 0 Å². The third kappa shape index (κ3) is 3.12. The summed E-state index contributed by atoms with van der Waals surface area (Å²) in [6.45, 7) is 13.8. The van der Waals surface area contributed by atoms with Crippen LogP contribution in [0.25, 0.3) is 0 Å². The van der Waals surface area contributed by atoms with Crippen LogP contribution >= 0.6 is 0 Å². The fraction of sp³-hybridized carbons (Fsp3) is 0.714. The van der Waals surface area contributed by atoms with Crippen molar-refractivity contribution in [1.82, 2.24) is 9.97 Å². The van der Waals surface area contributed by atoms with E-state index in [0.29, 0.717) is 17.9 Å². The SMILES string of the molecule is CC.CC1CNc2ncnc(NC(C)C(C)C)c21. The zero-order valence-corrected chi connectivity index (χ0v) is 12.4. The van der Waals surface area contributed by atoms with Crippen LogP contribution in [0.3, 0.4) is 0 Å². The molecule has 0 amide bonds. The van der Waals surface area contributed by atoms with Crippen molar-refractivity contribution in [2.45, 2.75) is 53.5 Å². The molecule has 0 saturated heterocycles. The fourth-order valence-corrected chi connectivity index (χ4v) is 1.85. The van der Waals surface area contributed by atoms with Crippen molar-refractivity contribution in [2.24, 2.45) is 5.92 Å². The van der Waals surface area contributed by atoms with E-state index in [4.69, 9.17) is 0 Å². The first-order chi connectivity index (χ1) is 8.59. The standard InChI is InChI=1S/C12H20N4.C2H6/c1-7(2)9(4)16-12-10-8(3)5-13-11(10)14-6-15-12;1-2/h6-9H,5H2,1-4H3,(H2,13,14,15,16);1-2H3. The Hall–Kier alpha value is -1.32. The van der Waals surface area contributed by atoms with Crippen LogP contribution in [0.5, 0.6) is 0 Å². The van der Waals surface area contributed by atoms with Gasteiger partial charge in [0.15, 0.2) is 0 Å². The zero-order chi connectivity index (χ0) is 13.7. The molecule has 1 aliphatic rings. The van der Waals surface area contributed by atoms with Crippen LogP contribution in [0.2, 0.25) is 0 Å².